The van der Waals surface area contributed by atoms with E-state index in [4.69, 9.17) is 16.0 Å². The van der Waals surface area contributed by atoms with E-state index in [1.807, 2.05) is 31.2 Å². The fourth-order valence-electron chi connectivity index (χ4n) is 2.05. The maximum Gasteiger partial charge on any atom is 0.203 e. The van der Waals surface area contributed by atoms with E-state index in [2.05, 4.69) is 4.98 Å². The molecule has 0 spiro atoms. The molecule has 100 valence electrons. The number of hydrogen-bond donors (Lipinski definition) is 0. The summed E-state index contributed by atoms with van der Waals surface area (Å²) in [4.78, 5) is 16.5. The quantitative estimate of drug-likeness (QED) is 0.677. The van der Waals surface area contributed by atoms with Gasteiger partial charge in [0, 0.05) is 10.6 Å². The van der Waals surface area contributed by atoms with Gasteiger partial charge in [-0.3, -0.25) is 4.79 Å². The third kappa shape index (κ3) is 2.45. The van der Waals surface area contributed by atoms with Gasteiger partial charge in [0.05, 0.1) is 6.42 Å². The summed E-state index contributed by atoms with van der Waals surface area (Å²) in [5, 5.41) is 0.656. The van der Waals surface area contributed by atoms with E-state index >= 15 is 0 Å². The molecule has 3 aromatic rings. The molecule has 1 aromatic heterocycles. The summed E-state index contributed by atoms with van der Waals surface area (Å²) >= 11 is 5.96. The van der Waals surface area contributed by atoms with Gasteiger partial charge < -0.3 is 4.42 Å². The number of hydrogen-bond acceptors (Lipinski definition) is 3. The number of benzene rings is 2. The number of aromatic nitrogens is 1. The molecule has 0 fully saturated rings. The highest BCUT2D eigenvalue weighted by atomic mass is 35.5. The minimum Gasteiger partial charge on any atom is -0.440 e. The van der Waals surface area contributed by atoms with E-state index in [0.717, 1.165) is 11.1 Å². The van der Waals surface area contributed by atoms with Gasteiger partial charge in [0.15, 0.2) is 11.4 Å². The first-order chi connectivity index (χ1) is 9.63. The predicted molar refractivity (Wildman–Crippen MR) is 78.2 cm³/mol. The Hall–Kier alpha value is -2.13. The minimum atomic E-state index is -0.0312. The molecule has 20 heavy (non-hydrogen) atoms. The number of carbonyl (C=O) groups is 1. The Morgan fingerprint density at radius 2 is 2.05 bits per heavy atom. The number of halogens is 1. The molecule has 0 unspecified atom stereocenters. The highest BCUT2D eigenvalue weighted by Crippen LogP contribution is 2.19. The third-order valence-electron chi connectivity index (χ3n) is 3.13. The molecular weight excluding hydrogens is 274 g/mol. The lowest BCUT2D eigenvalue weighted by molar-refractivity contribution is 0.0986. The molecular formula is C16H12ClNO2. The van der Waals surface area contributed by atoms with Crippen LogP contribution in [0.25, 0.3) is 11.1 Å². The first kappa shape index (κ1) is 12.9. The maximum absolute atomic E-state index is 12.2. The Labute approximate surface area is 121 Å². The molecule has 0 atom stereocenters. The Bertz CT molecular complexity index is 759. The summed E-state index contributed by atoms with van der Waals surface area (Å²) in [5.41, 5.74) is 2.97. The molecule has 0 aliphatic rings. The zero-order valence-electron chi connectivity index (χ0n) is 10.9. The Morgan fingerprint density at radius 3 is 2.80 bits per heavy atom. The van der Waals surface area contributed by atoms with Crippen molar-refractivity contribution in [1.82, 2.24) is 4.98 Å². The SMILES string of the molecule is Cc1cc(C(=O)Cc2nc3ccccc3o2)ccc1Cl. The standard InChI is InChI=1S/C16H12ClNO2/c1-10-8-11(6-7-12(10)17)14(19)9-16-18-13-4-2-3-5-15(13)20-16/h2-8H,9H2,1H3. The summed E-state index contributed by atoms with van der Waals surface area (Å²) in [6.07, 6.45) is 0.149. The van der Waals surface area contributed by atoms with E-state index in [9.17, 15) is 4.79 Å². The Balaban J connectivity index is 1.86. The molecule has 3 nitrogen and oxygen atoms in total. The summed E-state index contributed by atoms with van der Waals surface area (Å²) in [6.45, 7) is 1.87. The second-order valence-electron chi connectivity index (χ2n) is 4.64. The van der Waals surface area contributed by atoms with Crippen molar-refractivity contribution in [3.05, 3.63) is 64.5 Å². The fraction of sp³-hybridized carbons (Fsp3) is 0.125. The molecule has 4 heteroatoms. The van der Waals surface area contributed by atoms with Crippen LogP contribution in [0.3, 0.4) is 0 Å². The van der Waals surface area contributed by atoms with Crippen LogP contribution < -0.4 is 0 Å². The number of fused-ring (bicyclic) bond motifs is 1. The second kappa shape index (κ2) is 5.10. The van der Waals surface area contributed by atoms with Crippen molar-refractivity contribution < 1.29 is 9.21 Å². The van der Waals surface area contributed by atoms with Crippen LogP contribution >= 0.6 is 11.6 Å². The van der Waals surface area contributed by atoms with Gasteiger partial charge >= 0.3 is 0 Å². The van der Waals surface area contributed by atoms with Gasteiger partial charge in [-0.05, 0) is 42.8 Å². The van der Waals surface area contributed by atoms with Gasteiger partial charge in [-0.25, -0.2) is 4.98 Å². The van der Waals surface area contributed by atoms with Crippen molar-refractivity contribution >= 4 is 28.5 Å². The number of nitrogens with zero attached hydrogens (tertiary/aromatic N) is 1. The van der Waals surface area contributed by atoms with Gasteiger partial charge in [0.1, 0.15) is 5.52 Å². The number of ketones is 1. The van der Waals surface area contributed by atoms with E-state index in [1.54, 1.807) is 18.2 Å². The van der Waals surface area contributed by atoms with Gasteiger partial charge in [-0.1, -0.05) is 23.7 Å². The zero-order chi connectivity index (χ0) is 14.1. The van der Waals surface area contributed by atoms with Crippen molar-refractivity contribution in [2.24, 2.45) is 0 Å². The lowest BCUT2D eigenvalue weighted by Gasteiger charge is -2.01. The molecule has 0 radical (unpaired) electrons. The molecule has 0 bridgehead atoms. The van der Waals surface area contributed by atoms with Gasteiger partial charge in [0.25, 0.3) is 0 Å². The molecule has 3 rings (SSSR count). The van der Waals surface area contributed by atoms with Crippen molar-refractivity contribution in [1.29, 1.82) is 0 Å². The average molecular weight is 286 g/mol. The number of rotatable bonds is 3. The molecule has 0 aliphatic heterocycles. The third-order valence-corrected chi connectivity index (χ3v) is 3.55. The monoisotopic (exact) mass is 285 g/mol. The van der Waals surface area contributed by atoms with Crippen LogP contribution in [0, 0.1) is 6.92 Å². The number of oxazole rings is 1. The molecule has 0 amide bonds. The van der Waals surface area contributed by atoms with Gasteiger partial charge in [-0.15, -0.1) is 0 Å². The molecule has 0 saturated heterocycles. The highest BCUT2D eigenvalue weighted by molar-refractivity contribution is 6.31. The highest BCUT2D eigenvalue weighted by Gasteiger charge is 2.13. The van der Waals surface area contributed by atoms with Crippen molar-refractivity contribution in [2.75, 3.05) is 0 Å². The van der Waals surface area contributed by atoms with Gasteiger partial charge in [-0.2, -0.15) is 0 Å². The lowest BCUT2D eigenvalue weighted by Crippen LogP contribution is -2.04. The molecule has 0 saturated carbocycles. The number of carbonyl (C=O) groups excluding carboxylic acids is 1. The van der Waals surface area contributed by atoms with Crippen LogP contribution in [0.2, 0.25) is 5.02 Å². The molecule has 1 heterocycles. The van der Waals surface area contributed by atoms with Crippen LogP contribution in [-0.4, -0.2) is 10.8 Å². The summed E-state index contributed by atoms with van der Waals surface area (Å²) in [7, 11) is 0. The van der Waals surface area contributed by atoms with Crippen LogP contribution in [-0.2, 0) is 6.42 Å². The number of para-hydroxylation sites is 2. The molecule has 0 N–H and O–H groups in total. The number of aryl methyl sites for hydroxylation is 1. The van der Waals surface area contributed by atoms with Crippen LogP contribution in [0.1, 0.15) is 21.8 Å². The molecule has 0 aliphatic carbocycles. The lowest BCUT2D eigenvalue weighted by atomic mass is 10.1. The summed E-state index contributed by atoms with van der Waals surface area (Å²) in [6, 6.07) is 12.7. The van der Waals surface area contributed by atoms with E-state index in [0.29, 0.717) is 22.1 Å². The first-order valence-corrected chi connectivity index (χ1v) is 6.65. The van der Waals surface area contributed by atoms with E-state index in [1.165, 1.54) is 0 Å². The Morgan fingerprint density at radius 1 is 1.25 bits per heavy atom. The number of Topliss-reactive ketones (excluding diaryl/α,β-unsaturated/α-hetero) is 1. The average Bonchev–Trinajstić information content (AvgIpc) is 2.83. The van der Waals surface area contributed by atoms with E-state index < -0.39 is 0 Å². The largest absolute Gasteiger partial charge is 0.440 e. The normalized spacial score (nSPS) is 10.9. The van der Waals surface area contributed by atoms with Crippen molar-refractivity contribution in [3.8, 4) is 0 Å². The zero-order valence-corrected chi connectivity index (χ0v) is 11.6. The fourth-order valence-corrected chi connectivity index (χ4v) is 2.17. The van der Waals surface area contributed by atoms with Crippen molar-refractivity contribution in [3.63, 3.8) is 0 Å². The first-order valence-electron chi connectivity index (χ1n) is 6.27. The van der Waals surface area contributed by atoms with Crippen molar-refractivity contribution in [2.45, 2.75) is 13.3 Å². The van der Waals surface area contributed by atoms with E-state index in [-0.39, 0.29) is 12.2 Å². The predicted octanol–water partition coefficient (Wildman–Crippen LogP) is 4.22. The van der Waals surface area contributed by atoms with Crippen LogP contribution in [0.15, 0.2) is 46.9 Å². The second-order valence-corrected chi connectivity index (χ2v) is 5.05. The maximum atomic E-state index is 12.2. The smallest absolute Gasteiger partial charge is 0.203 e. The summed E-state index contributed by atoms with van der Waals surface area (Å²) in [5.74, 6) is 0.403. The minimum absolute atomic E-state index is 0.0312. The summed E-state index contributed by atoms with van der Waals surface area (Å²) < 4.78 is 5.56. The topological polar surface area (TPSA) is 43.1 Å². The van der Waals surface area contributed by atoms with Crippen LogP contribution in [0.5, 0.6) is 0 Å². The Kier molecular flexibility index (Phi) is 3.28. The van der Waals surface area contributed by atoms with Crippen LogP contribution in [0.4, 0.5) is 0 Å². The molecule has 2 aromatic carbocycles. The van der Waals surface area contributed by atoms with Gasteiger partial charge in [0.2, 0.25) is 5.89 Å².